The molecule has 0 atom stereocenters. The number of alkyl halides is 2. The third kappa shape index (κ3) is 2.23. The molecule has 0 aliphatic heterocycles. The van der Waals surface area contributed by atoms with E-state index in [1.54, 1.807) is 4.98 Å². The second kappa shape index (κ2) is 3.99. The van der Waals surface area contributed by atoms with Crippen LogP contribution < -0.4 is 10.7 Å². The third-order valence-corrected chi connectivity index (χ3v) is 2.63. The molecular weight excluding hydrogens is 244 g/mol. The molecule has 0 bridgehead atoms. The Labute approximate surface area is 88.4 Å². The van der Waals surface area contributed by atoms with E-state index in [1.165, 1.54) is 6.07 Å². The zero-order chi connectivity index (χ0) is 12.5. The van der Waals surface area contributed by atoms with Crippen molar-refractivity contribution < 1.29 is 17.2 Å². The smallest absolute Gasteiger partial charge is 0.279 e. The highest BCUT2D eigenvalue weighted by molar-refractivity contribution is 7.89. The number of H-pyrrole nitrogens is 1. The van der Waals surface area contributed by atoms with Crippen molar-refractivity contribution in [2.24, 2.45) is 5.14 Å². The van der Waals surface area contributed by atoms with Crippen LogP contribution in [0, 0.1) is 11.3 Å². The van der Waals surface area contributed by atoms with E-state index in [1.807, 2.05) is 0 Å². The van der Waals surface area contributed by atoms with E-state index < -0.39 is 38.2 Å². The number of primary sulfonamides is 1. The first-order valence-corrected chi connectivity index (χ1v) is 5.30. The predicted molar refractivity (Wildman–Crippen MR) is 48.1 cm³/mol. The van der Waals surface area contributed by atoms with Crippen molar-refractivity contribution >= 4 is 10.0 Å². The molecule has 0 aromatic carbocycles. The van der Waals surface area contributed by atoms with Gasteiger partial charge in [-0.1, -0.05) is 0 Å². The van der Waals surface area contributed by atoms with Crippen molar-refractivity contribution in [3.05, 3.63) is 27.7 Å². The van der Waals surface area contributed by atoms with Gasteiger partial charge in [0.15, 0.2) is 0 Å². The lowest BCUT2D eigenvalue weighted by Crippen LogP contribution is -2.21. The molecule has 0 saturated heterocycles. The average molecular weight is 249 g/mol. The standard InChI is InChI=1S/C7H5F2N3O3S/c8-6(9)5-4(16(11,14)15)1-3(2-10)7(13)12-5/h1,6H,(H,12,13)(H2,11,14,15). The number of pyridine rings is 1. The van der Waals surface area contributed by atoms with Crippen molar-refractivity contribution in [1.29, 1.82) is 5.26 Å². The van der Waals surface area contributed by atoms with E-state index in [4.69, 9.17) is 5.26 Å². The summed E-state index contributed by atoms with van der Waals surface area (Å²) in [5, 5.41) is 13.1. The molecular formula is C7H5F2N3O3S. The molecule has 0 unspecified atom stereocenters. The first-order chi connectivity index (χ1) is 7.27. The lowest BCUT2D eigenvalue weighted by atomic mass is 10.2. The number of nitrogens with one attached hydrogen (secondary N) is 1. The van der Waals surface area contributed by atoms with Gasteiger partial charge in [-0.15, -0.1) is 0 Å². The van der Waals surface area contributed by atoms with Crippen LogP contribution in [0.5, 0.6) is 0 Å². The van der Waals surface area contributed by atoms with Gasteiger partial charge in [-0.3, -0.25) is 4.79 Å². The topological polar surface area (TPSA) is 117 Å². The Bertz CT molecular complexity index is 615. The summed E-state index contributed by atoms with van der Waals surface area (Å²) in [5.74, 6) is 0. The Morgan fingerprint density at radius 2 is 2.06 bits per heavy atom. The first kappa shape index (κ1) is 12.3. The minimum Gasteiger partial charge on any atom is -0.319 e. The van der Waals surface area contributed by atoms with Gasteiger partial charge in [0, 0.05) is 0 Å². The van der Waals surface area contributed by atoms with Crippen LogP contribution in [0.15, 0.2) is 15.8 Å². The molecule has 16 heavy (non-hydrogen) atoms. The Morgan fingerprint density at radius 3 is 2.44 bits per heavy atom. The second-order valence-corrected chi connectivity index (χ2v) is 4.28. The highest BCUT2D eigenvalue weighted by Gasteiger charge is 2.23. The van der Waals surface area contributed by atoms with Crippen LogP contribution in [0.4, 0.5) is 8.78 Å². The Kier molecular flexibility index (Phi) is 3.06. The molecule has 9 heteroatoms. The summed E-state index contributed by atoms with van der Waals surface area (Å²) in [4.78, 5) is 11.7. The fraction of sp³-hybridized carbons (Fsp3) is 0.143. The molecule has 0 spiro atoms. The highest BCUT2D eigenvalue weighted by atomic mass is 32.2. The largest absolute Gasteiger partial charge is 0.319 e. The number of aromatic amines is 1. The number of sulfonamides is 1. The molecule has 1 aromatic heterocycles. The normalized spacial score (nSPS) is 11.4. The Morgan fingerprint density at radius 1 is 1.50 bits per heavy atom. The Hall–Kier alpha value is -1.79. The van der Waals surface area contributed by atoms with E-state index in [2.05, 4.69) is 5.14 Å². The van der Waals surface area contributed by atoms with Crippen LogP contribution in [0.1, 0.15) is 17.7 Å². The lowest BCUT2D eigenvalue weighted by molar-refractivity contribution is 0.142. The van der Waals surface area contributed by atoms with E-state index >= 15 is 0 Å². The second-order valence-electron chi connectivity index (χ2n) is 2.75. The van der Waals surface area contributed by atoms with Gasteiger partial charge in [-0.25, -0.2) is 22.3 Å². The maximum atomic E-state index is 12.4. The van der Waals surface area contributed by atoms with Gasteiger partial charge in [0.2, 0.25) is 10.0 Å². The summed E-state index contributed by atoms with van der Waals surface area (Å²) in [5.41, 5.74) is -2.81. The van der Waals surface area contributed by atoms with E-state index in [0.717, 1.165) is 0 Å². The maximum Gasteiger partial charge on any atom is 0.279 e. The minimum atomic E-state index is -4.43. The zero-order valence-corrected chi connectivity index (χ0v) is 8.38. The van der Waals surface area contributed by atoms with Crippen LogP contribution in [0.3, 0.4) is 0 Å². The van der Waals surface area contributed by atoms with Crippen molar-refractivity contribution in [2.75, 3.05) is 0 Å². The van der Waals surface area contributed by atoms with Crippen LogP contribution in [0.2, 0.25) is 0 Å². The average Bonchev–Trinajstić information content (AvgIpc) is 2.15. The van der Waals surface area contributed by atoms with Gasteiger partial charge >= 0.3 is 0 Å². The van der Waals surface area contributed by atoms with Gasteiger partial charge in [0.1, 0.15) is 22.2 Å². The fourth-order valence-electron chi connectivity index (χ4n) is 1.01. The number of aromatic nitrogens is 1. The molecule has 0 aliphatic rings. The van der Waals surface area contributed by atoms with Crippen LogP contribution in [-0.4, -0.2) is 13.4 Å². The number of hydrogen-bond donors (Lipinski definition) is 2. The molecule has 6 nitrogen and oxygen atoms in total. The molecule has 86 valence electrons. The number of nitriles is 1. The number of halogens is 2. The monoisotopic (exact) mass is 249 g/mol. The van der Waals surface area contributed by atoms with Crippen LogP contribution >= 0.6 is 0 Å². The maximum absolute atomic E-state index is 12.4. The van der Waals surface area contributed by atoms with E-state index in [-0.39, 0.29) is 0 Å². The SMILES string of the molecule is N#Cc1cc(S(N)(=O)=O)c(C(F)F)[nH]c1=O. The summed E-state index contributed by atoms with van der Waals surface area (Å²) < 4.78 is 46.7. The third-order valence-electron chi connectivity index (χ3n) is 1.68. The Balaban J connectivity index is 3.71. The number of rotatable bonds is 2. The summed E-state index contributed by atoms with van der Waals surface area (Å²) in [6, 6.07) is 1.89. The van der Waals surface area contributed by atoms with Gasteiger partial charge < -0.3 is 4.98 Å². The first-order valence-electron chi connectivity index (χ1n) is 3.75. The van der Waals surface area contributed by atoms with Gasteiger partial charge in [-0.2, -0.15) is 5.26 Å². The molecule has 0 saturated carbocycles. The van der Waals surface area contributed by atoms with Crippen LogP contribution in [-0.2, 0) is 10.0 Å². The summed E-state index contributed by atoms with van der Waals surface area (Å²) in [6.07, 6.45) is -3.21. The zero-order valence-electron chi connectivity index (χ0n) is 7.57. The highest BCUT2D eigenvalue weighted by Crippen LogP contribution is 2.22. The van der Waals surface area contributed by atoms with Crippen molar-refractivity contribution in [3.63, 3.8) is 0 Å². The fourth-order valence-corrected chi connectivity index (χ4v) is 1.73. The predicted octanol–water partition coefficient (Wildman–Crippen LogP) is -0.168. The summed E-state index contributed by atoms with van der Waals surface area (Å²) in [7, 11) is -4.43. The number of nitrogens with two attached hydrogens (primary N) is 1. The van der Waals surface area contributed by atoms with E-state index in [0.29, 0.717) is 6.07 Å². The van der Waals surface area contributed by atoms with Crippen LogP contribution in [0.25, 0.3) is 0 Å². The van der Waals surface area contributed by atoms with Crippen molar-refractivity contribution in [2.45, 2.75) is 11.3 Å². The molecule has 1 aromatic rings. The molecule has 1 heterocycles. The molecule has 0 fully saturated rings. The lowest BCUT2D eigenvalue weighted by Gasteiger charge is -2.06. The molecule has 0 aliphatic carbocycles. The molecule has 0 radical (unpaired) electrons. The summed E-state index contributed by atoms with van der Waals surface area (Å²) >= 11 is 0. The number of hydrogen-bond acceptors (Lipinski definition) is 4. The van der Waals surface area contributed by atoms with Crippen molar-refractivity contribution in [1.82, 2.24) is 4.98 Å². The number of nitrogens with zero attached hydrogens (tertiary/aromatic N) is 1. The van der Waals surface area contributed by atoms with Gasteiger partial charge in [0.25, 0.3) is 12.0 Å². The summed E-state index contributed by atoms with van der Waals surface area (Å²) in [6.45, 7) is 0. The quantitative estimate of drug-likeness (QED) is 0.756. The molecule has 3 N–H and O–H groups in total. The van der Waals surface area contributed by atoms with Gasteiger partial charge in [0.05, 0.1) is 0 Å². The minimum absolute atomic E-state index is 0.523. The van der Waals surface area contributed by atoms with Gasteiger partial charge in [-0.05, 0) is 6.07 Å². The van der Waals surface area contributed by atoms with E-state index in [9.17, 15) is 22.0 Å². The van der Waals surface area contributed by atoms with Crippen molar-refractivity contribution in [3.8, 4) is 6.07 Å². The molecule has 0 amide bonds. The molecule has 1 rings (SSSR count).